The summed E-state index contributed by atoms with van der Waals surface area (Å²) in [5.41, 5.74) is 8.62. The van der Waals surface area contributed by atoms with E-state index in [0.717, 1.165) is 11.3 Å². The van der Waals surface area contributed by atoms with Gasteiger partial charge in [-0.25, -0.2) is 0 Å². The summed E-state index contributed by atoms with van der Waals surface area (Å²) in [6, 6.07) is 11.9. The predicted molar refractivity (Wildman–Crippen MR) is 91.2 cm³/mol. The minimum absolute atomic E-state index is 0.417. The fraction of sp³-hybridized carbons (Fsp3) is 0.143. The molecule has 0 aliphatic rings. The van der Waals surface area contributed by atoms with Gasteiger partial charge in [0.2, 0.25) is 0 Å². The topological polar surface area (TPSA) is 119 Å². The Morgan fingerprint density at radius 3 is 2.09 bits per heavy atom. The Hall–Kier alpha value is -1.99. The average molecular weight is 302 g/mol. The third-order valence-corrected chi connectivity index (χ3v) is 3.05. The van der Waals surface area contributed by atoms with Gasteiger partial charge in [0.25, 0.3) is 0 Å². The van der Waals surface area contributed by atoms with Crippen LogP contribution in [0.1, 0.15) is 5.56 Å². The Bertz CT molecular complexity index is 609. The second-order valence-corrected chi connectivity index (χ2v) is 4.74. The molecule has 0 bridgehead atoms. The van der Waals surface area contributed by atoms with Crippen molar-refractivity contribution in [1.82, 2.24) is 0 Å². The van der Waals surface area contributed by atoms with Gasteiger partial charge in [-0.3, -0.25) is 0 Å². The van der Waals surface area contributed by atoms with E-state index < -0.39 is 14.2 Å². The third kappa shape index (κ3) is 5.42. The fourth-order valence-electron chi connectivity index (χ4n) is 1.79. The van der Waals surface area contributed by atoms with E-state index >= 15 is 0 Å². The van der Waals surface area contributed by atoms with Gasteiger partial charge in [0.1, 0.15) is 0 Å². The second kappa shape index (κ2) is 8.45. The summed E-state index contributed by atoms with van der Waals surface area (Å²) >= 11 is 0. The number of nitrogens with one attached hydrogen (secondary N) is 1. The van der Waals surface area contributed by atoms with E-state index in [2.05, 4.69) is 5.32 Å². The molecule has 0 aliphatic carbocycles. The molecule has 0 aromatic heterocycles. The highest BCUT2D eigenvalue weighted by Gasteiger charge is 2.13. The Morgan fingerprint density at radius 2 is 1.64 bits per heavy atom. The van der Waals surface area contributed by atoms with Crippen LogP contribution in [0.5, 0.6) is 0 Å². The first-order valence-electron chi connectivity index (χ1n) is 6.71. The zero-order valence-corrected chi connectivity index (χ0v) is 12.6. The summed E-state index contributed by atoms with van der Waals surface area (Å²) in [7, 11) is -1.03. The van der Waals surface area contributed by atoms with Crippen molar-refractivity contribution in [2.45, 2.75) is 6.92 Å². The van der Waals surface area contributed by atoms with Crippen molar-refractivity contribution in [1.29, 1.82) is 0 Å². The Balaban J connectivity index is 0.000000224. The van der Waals surface area contributed by atoms with Crippen molar-refractivity contribution in [2.24, 2.45) is 0 Å². The van der Waals surface area contributed by atoms with Crippen LogP contribution in [0.4, 0.5) is 11.4 Å². The summed E-state index contributed by atoms with van der Waals surface area (Å²) in [6.07, 6.45) is 0. The molecule has 0 amide bonds. The summed E-state index contributed by atoms with van der Waals surface area (Å²) in [5.74, 6) is 0. The van der Waals surface area contributed by atoms with Crippen LogP contribution in [0.3, 0.4) is 0 Å². The van der Waals surface area contributed by atoms with Crippen molar-refractivity contribution in [2.75, 3.05) is 18.1 Å². The molecule has 8 heteroatoms. The van der Waals surface area contributed by atoms with Crippen LogP contribution in [0.2, 0.25) is 0 Å². The Labute approximate surface area is 130 Å². The molecule has 116 valence electrons. The maximum atomic E-state index is 8.95. The Morgan fingerprint density at radius 1 is 0.955 bits per heavy atom. The summed E-state index contributed by atoms with van der Waals surface area (Å²) in [6.45, 7) is 1.84. The van der Waals surface area contributed by atoms with Gasteiger partial charge in [0.05, 0.1) is 0 Å². The molecular formula is C14H20B2N2O4. The first-order chi connectivity index (χ1) is 10.3. The van der Waals surface area contributed by atoms with Gasteiger partial charge in [0.15, 0.2) is 0 Å². The molecular weight excluding hydrogens is 282 g/mol. The van der Waals surface area contributed by atoms with Crippen molar-refractivity contribution in [3.8, 4) is 0 Å². The van der Waals surface area contributed by atoms with Gasteiger partial charge >= 0.3 is 14.2 Å². The van der Waals surface area contributed by atoms with Gasteiger partial charge in [-0.05, 0) is 42.1 Å². The number of nitrogen functional groups attached to an aromatic ring is 1. The first kappa shape index (κ1) is 18.1. The third-order valence-electron chi connectivity index (χ3n) is 3.05. The van der Waals surface area contributed by atoms with Crippen molar-refractivity contribution in [3.63, 3.8) is 0 Å². The Kier molecular flexibility index (Phi) is 6.94. The largest absolute Gasteiger partial charge is 0.488 e. The molecule has 6 nitrogen and oxygen atoms in total. The number of benzene rings is 2. The summed E-state index contributed by atoms with van der Waals surface area (Å²) < 4.78 is 0. The highest BCUT2D eigenvalue weighted by Crippen LogP contribution is 2.05. The monoisotopic (exact) mass is 302 g/mol. The lowest BCUT2D eigenvalue weighted by Crippen LogP contribution is -2.32. The molecule has 22 heavy (non-hydrogen) atoms. The van der Waals surface area contributed by atoms with Crippen LogP contribution in [-0.4, -0.2) is 41.4 Å². The molecule has 0 atom stereocenters. The van der Waals surface area contributed by atoms with E-state index in [1.165, 1.54) is 6.07 Å². The number of hydrogen-bond acceptors (Lipinski definition) is 6. The maximum absolute atomic E-state index is 8.95. The van der Waals surface area contributed by atoms with Gasteiger partial charge in [-0.15, -0.1) is 0 Å². The number of hydrogen-bond donors (Lipinski definition) is 6. The van der Waals surface area contributed by atoms with Crippen LogP contribution in [-0.2, 0) is 0 Å². The predicted octanol–water partition coefficient (Wildman–Crippen LogP) is -1.33. The normalized spacial score (nSPS) is 9.55. The number of anilines is 2. The molecule has 0 unspecified atom stereocenters. The lowest BCUT2D eigenvalue weighted by atomic mass is 9.77. The van der Waals surface area contributed by atoms with E-state index in [9.17, 15) is 0 Å². The van der Waals surface area contributed by atoms with Crippen LogP contribution < -0.4 is 22.0 Å². The molecule has 0 aliphatic heterocycles. The molecule has 0 heterocycles. The SMILES string of the molecule is CNc1ccc(C)c(B(O)O)c1.Nc1cccc(B(O)O)c1. The van der Waals surface area contributed by atoms with Gasteiger partial charge < -0.3 is 31.1 Å². The molecule has 0 radical (unpaired) electrons. The van der Waals surface area contributed by atoms with Crippen LogP contribution in [0, 0.1) is 6.92 Å². The van der Waals surface area contributed by atoms with Gasteiger partial charge in [-0.2, -0.15) is 0 Å². The van der Waals surface area contributed by atoms with Crippen LogP contribution >= 0.6 is 0 Å². The maximum Gasteiger partial charge on any atom is 0.488 e. The zero-order valence-electron chi connectivity index (χ0n) is 12.6. The quantitative estimate of drug-likeness (QED) is 0.309. The smallest absolute Gasteiger partial charge is 0.423 e. The van der Waals surface area contributed by atoms with E-state index in [1.807, 2.05) is 19.1 Å². The molecule has 0 spiro atoms. The highest BCUT2D eigenvalue weighted by molar-refractivity contribution is 6.59. The fourth-order valence-corrected chi connectivity index (χ4v) is 1.79. The number of rotatable bonds is 3. The van der Waals surface area contributed by atoms with Crippen LogP contribution in [0.15, 0.2) is 42.5 Å². The lowest BCUT2D eigenvalue weighted by Gasteiger charge is -2.06. The molecule has 2 rings (SSSR count). The molecule has 7 N–H and O–H groups in total. The first-order valence-corrected chi connectivity index (χ1v) is 6.71. The van der Waals surface area contributed by atoms with Gasteiger partial charge in [0, 0.05) is 18.4 Å². The van der Waals surface area contributed by atoms with E-state index in [1.54, 1.807) is 31.3 Å². The molecule has 2 aromatic carbocycles. The van der Waals surface area contributed by atoms with E-state index in [4.69, 9.17) is 25.8 Å². The van der Waals surface area contributed by atoms with E-state index in [-0.39, 0.29) is 0 Å². The van der Waals surface area contributed by atoms with Crippen molar-refractivity contribution < 1.29 is 20.1 Å². The van der Waals surface area contributed by atoms with Crippen LogP contribution in [0.25, 0.3) is 0 Å². The molecule has 0 saturated heterocycles. The molecule has 0 fully saturated rings. The highest BCUT2D eigenvalue weighted by atomic mass is 16.4. The standard InChI is InChI=1S/C8H12BNO2.C6H8BNO2/c1-6-3-4-7(10-2)5-8(6)9(11)12;8-6-3-1-2-5(4-6)7(9)10/h3-5,10-12H,1-2H3;1-4,9-10H,8H2. The average Bonchev–Trinajstić information content (AvgIpc) is 2.48. The minimum Gasteiger partial charge on any atom is -0.423 e. The summed E-state index contributed by atoms with van der Waals surface area (Å²) in [4.78, 5) is 0. The van der Waals surface area contributed by atoms with Gasteiger partial charge in [-0.1, -0.05) is 23.8 Å². The zero-order chi connectivity index (χ0) is 16.7. The number of aryl methyl sites for hydroxylation is 1. The lowest BCUT2D eigenvalue weighted by molar-refractivity contribution is 0.424. The molecule has 0 saturated carbocycles. The number of nitrogens with two attached hydrogens (primary N) is 1. The van der Waals surface area contributed by atoms with E-state index in [0.29, 0.717) is 16.6 Å². The summed E-state index contributed by atoms with van der Waals surface area (Å²) in [5, 5.41) is 38.1. The second-order valence-electron chi connectivity index (χ2n) is 4.74. The molecule has 2 aromatic rings. The van der Waals surface area contributed by atoms with Crippen molar-refractivity contribution in [3.05, 3.63) is 48.0 Å². The minimum atomic E-state index is -1.43. The van der Waals surface area contributed by atoms with Crippen molar-refractivity contribution >= 4 is 36.5 Å².